The fourth-order valence-electron chi connectivity index (χ4n) is 2.17. The van der Waals surface area contributed by atoms with E-state index in [-0.39, 0.29) is 11.9 Å². The molecule has 0 aliphatic heterocycles. The van der Waals surface area contributed by atoms with Gasteiger partial charge >= 0.3 is 0 Å². The molecule has 0 spiro atoms. The Bertz CT molecular complexity index is 647. The first-order valence-electron chi connectivity index (χ1n) is 6.66. The second-order valence-corrected chi connectivity index (χ2v) is 5.03. The summed E-state index contributed by atoms with van der Waals surface area (Å²) >= 11 is 0. The molecule has 2 aromatic rings. The van der Waals surface area contributed by atoms with Crippen molar-refractivity contribution in [3.8, 4) is 11.4 Å². The maximum absolute atomic E-state index is 11.9. The van der Waals surface area contributed by atoms with Crippen molar-refractivity contribution in [2.45, 2.75) is 13.0 Å². The van der Waals surface area contributed by atoms with Crippen LogP contribution < -0.4 is 10.5 Å². The lowest BCUT2D eigenvalue weighted by molar-refractivity contribution is 0.0821. The third-order valence-corrected chi connectivity index (χ3v) is 3.18. The Morgan fingerprint density at radius 1 is 1.38 bits per heavy atom. The van der Waals surface area contributed by atoms with Crippen LogP contribution in [0, 0.1) is 0 Å². The summed E-state index contributed by atoms with van der Waals surface area (Å²) in [5.74, 6) is 0.567. The molecule has 0 saturated carbocycles. The van der Waals surface area contributed by atoms with Crippen molar-refractivity contribution in [3.05, 3.63) is 41.7 Å². The minimum atomic E-state index is -0.214. The predicted molar refractivity (Wildman–Crippen MR) is 80.7 cm³/mol. The summed E-state index contributed by atoms with van der Waals surface area (Å²) in [6.07, 6.45) is 1.75. The number of benzene rings is 1. The quantitative estimate of drug-likeness (QED) is 0.927. The lowest BCUT2D eigenvalue weighted by atomic mass is 10.1. The average molecular weight is 288 g/mol. The molecule has 2 rings (SSSR count). The van der Waals surface area contributed by atoms with Gasteiger partial charge in [0.2, 0.25) is 0 Å². The van der Waals surface area contributed by atoms with Gasteiger partial charge in [-0.3, -0.25) is 4.79 Å². The monoisotopic (exact) mass is 288 g/mol. The number of amides is 1. The van der Waals surface area contributed by atoms with Crippen LogP contribution in [0.4, 0.5) is 0 Å². The zero-order valence-electron chi connectivity index (χ0n) is 12.7. The molecule has 6 heteroatoms. The highest BCUT2D eigenvalue weighted by molar-refractivity contribution is 5.91. The van der Waals surface area contributed by atoms with Crippen molar-refractivity contribution < 1.29 is 9.53 Å². The van der Waals surface area contributed by atoms with Gasteiger partial charge < -0.3 is 15.4 Å². The fourth-order valence-corrected chi connectivity index (χ4v) is 2.17. The fraction of sp³-hybridized carbons (Fsp3) is 0.333. The van der Waals surface area contributed by atoms with E-state index in [1.165, 1.54) is 4.90 Å². The Morgan fingerprint density at radius 2 is 2.10 bits per heavy atom. The molecule has 0 aliphatic carbocycles. The lowest BCUT2D eigenvalue weighted by Crippen LogP contribution is -2.22. The standard InChI is InChI=1S/C15H20N4O2/c1-10(16)14-12(6-5-7-13(14)21-4)19-9-8-11(17-19)15(20)18(2)3/h5-10H,16H2,1-4H3/t10-/m1/s1. The molecule has 0 radical (unpaired) electrons. The molecule has 0 unspecified atom stereocenters. The summed E-state index contributed by atoms with van der Waals surface area (Å²) in [7, 11) is 5.00. The third-order valence-electron chi connectivity index (χ3n) is 3.18. The van der Waals surface area contributed by atoms with Crippen molar-refractivity contribution in [1.82, 2.24) is 14.7 Å². The van der Waals surface area contributed by atoms with Crippen molar-refractivity contribution in [2.75, 3.05) is 21.2 Å². The molecule has 1 heterocycles. The second kappa shape index (κ2) is 5.97. The minimum Gasteiger partial charge on any atom is -0.496 e. The van der Waals surface area contributed by atoms with Gasteiger partial charge in [-0.2, -0.15) is 5.10 Å². The third kappa shape index (κ3) is 2.90. The number of methoxy groups -OCH3 is 1. The highest BCUT2D eigenvalue weighted by Crippen LogP contribution is 2.29. The van der Waals surface area contributed by atoms with Crippen molar-refractivity contribution in [2.24, 2.45) is 5.73 Å². The predicted octanol–water partition coefficient (Wildman–Crippen LogP) is 1.60. The molecule has 112 valence electrons. The molecule has 2 N–H and O–H groups in total. The minimum absolute atomic E-state index is 0.140. The Balaban J connectivity index is 2.50. The summed E-state index contributed by atoms with van der Waals surface area (Å²) < 4.78 is 7.02. The van der Waals surface area contributed by atoms with Crippen LogP contribution in [0.25, 0.3) is 5.69 Å². The SMILES string of the molecule is COc1cccc(-n2ccc(C(=O)N(C)C)n2)c1[C@@H](C)N. The smallest absolute Gasteiger partial charge is 0.273 e. The molecular weight excluding hydrogens is 268 g/mol. The van der Waals surface area contributed by atoms with Crippen LogP contribution in [0.5, 0.6) is 5.75 Å². The number of carbonyl (C=O) groups excluding carboxylic acids is 1. The van der Waals surface area contributed by atoms with E-state index in [0.717, 1.165) is 11.3 Å². The normalized spacial score (nSPS) is 12.0. The van der Waals surface area contributed by atoms with Gasteiger partial charge in [0.15, 0.2) is 5.69 Å². The first-order chi connectivity index (χ1) is 9.95. The molecule has 0 aliphatic rings. The highest BCUT2D eigenvalue weighted by Gasteiger charge is 2.17. The molecular formula is C15H20N4O2. The van der Waals surface area contributed by atoms with E-state index >= 15 is 0 Å². The average Bonchev–Trinajstić information content (AvgIpc) is 2.94. The summed E-state index contributed by atoms with van der Waals surface area (Å²) in [5, 5.41) is 4.33. The molecule has 0 saturated heterocycles. The Morgan fingerprint density at radius 3 is 2.67 bits per heavy atom. The van der Waals surface area contributed by atoms with Crippen LogP contribution in [0.1, 0.15) is 29.0 Å². The Hall–Kier alpha value is -2.34. The molecule has 6 nitrogen and oxygen atoms in total. The molecule has 1 amide bonds. The molecule has 0 fully saturated rings. The number of ether oxygens (including phenoxy) is 1. The van der Waals surface area contributed by atoms with Crippen LogP contribution in [-0.4, -0.2) is 41.8 Å². The Kier molecular flexibility index (Phi) is 4.28. The van der Waals surface area contributed by atoms with Crippen molar-refractivity contribution >= 4 is 5.91 Å². The van der Waals surface area contributed by atoms with Crippen LogP contribution in [0.3, 0.4) is 0 Å². The summed E-state index contributed by atoms with van der Waals surface area (Å²) in [4.78, 5) is 13.4. The maximum atomic E-state index is 11.9. The van der Waals surface area contributed by atoms with E-state index in [4.69, 9.17) is 10.5 Å². The van der Waals surface area contributed by atoms with Gasteiger partial charge in [-0.15, -0.1) is 0 Å². The number of rotatable bonds is 4. The number of carbonyl (C=O) groups is 1. The van der Waals surface area contributed by atoms with Crippen LogP contribution in [0.2, 0.25) is 0 Å². The largest absolute Gasteiger partial charge is 0.496 e. The van der Waals surface area contributed by atoms with E-state index in [1.807, 2.05) is 25.1 Å². The number of hydrogen-bond acceptors (Lipinski definition) is 4. The summed E-state index contributed by atoms with van der Waals surface area (Å²) in [5.41, 5.74) is 8.10. The summed E-state index contributed by atoms with van der Waals surface area (Å²) in [6.45, 7) is 1.89. The number of nitrogens with zero attached hydrogens (tertiary/aromatic N) is 3. The van der Waals surface area contributed by atoms with E-state index < -0.39 is 0 Å². The van der Waals surface area contributed by atoms with Gasteiger partial charge in [-0.05, 0) is 25.1 Å². The van der Waals surface area contributed by atoms with E-state index in [1.54, 1.807) is 38.2 Å². The zero-order valence-corrected chi connectivity index (χ0v) is 12.7. The Labute approximate surface area is 124 Å². The van der Waals surface area contributed by atoms with E-state index in [2.05, 4.69) is 5.10 Å². The van der Waals surface area contributed by atoms with Crippen molar-refractivity contribution in [1.29, 1.82) is 0 Å². The molecule has 1 aromatic carbocycles. The van der Waals surface area contributed by atoms with Gasteiger partial charge in [0, 0.05) is 31.9 Å². The molecule has 21 heavy (non-hydrogen) atoms. The lowest BCUT2D eigenvalue weighted by Gasteiger charge is -2.16. The molecule has 0 bridgehead atoms. The molecule has 1 aromatic heterocycles. The first kappa shape index (κ1) is 15.1. The number of aromatic nitrogens is 2. The zero-order chi connectivity index (χ0) is 15.6. The van der Waals surface area contributed by atoms with Gasteiger partial charge in [0.25, 0.3) is 5.91 Å². The summed E-state index contributed by atoms with van der Waals surface area (Å²) in [6, 6.07) is 7.10. The van der Waals surface area contributed by atoms with Gasteiger partial charge in [0.05, 0.1) is 12.8 Å². The van der Waals surface area contributed by atoms with Crippen LogP contribution in [-0.2, 0) is 0 Å². The van der Waals surface area contributed by atoms with Crippen LogP contribution in [0.15, 0.2) is 30.5 Å². The van der Waals surface area contributed by atoms with Gasteiger partial charge in [0.1, 0.15) is 5.75 Å². The van der Waals surface area contributed by atoms with Crippen LogP contribution >= 0.6 is 0 Å². The van der Waals surface area contributed by atoms with E-state index in [9.17, 15) is 4.79 Å². The van der Waals surface area contributed by atoms with E-state index in [0.29, 0.717) is 11.4 Å². The topological polar surface area (TPSA) is 73.4 Å². The first-order valence-corrected chi connectivity index (χ1v) is 6.66. The van der Waals surface area contributed by atoms with Crippen molar-refractivity contribution in [3.63, 3.8) is 0 Å². The van der Waals surface area contributed by atoms with Gasteiger partial charge in [-0.25, -0.2) is 4.68 Å². The molecule has 1 atom stereocenters. The highest BCUT2D eigenvalue weighted by atomic mass is 16.5. The number of hydrogen-bond donors (Lipinski definition) is 1. The number of nitrogens with two attached hydrogens (primary N) is 1. The second-order valence-electron chi connectivity index (χ2n) is 5.03. The maximum Gasteiger partial charge on any atom is 0.273 e. The van der Waals surface area contributed by atoms with Gasteiger partial charge in [-0.1, -0.05) is 6.07 Å².